The second kappa shape index (κ2) is 4.79. The number of hydrazine groups is 1. The van der Waals surface area contributed by atoms with Crippen LogP contribution in [0.1, 0.15) is 5.56 Å². The lowest BCUT2D eigenvalue weighted by molar-refractivity contribution is 0.622. The first-order valence-electron chi connectivity index (χ1n) is 5.17. The van der Waals surface area contributed by atoms with Crippen molar-refractivity contribution in [1.29, 1.82) is 0 Å². The summed E-state index contributed by atoms with van der Waals surface area (Å²) in [4.78, 5) is 4.34. The average molecular weight is 204 g/mol. The van der Waals surface area contributed by atoms with Crippen LogP contribution in [0.2, 0.25) is 0 Å². The zero-order valence-electron chi connectivity index (χ0n) is 8.88. The minimum Gasteiger partial charge on any atom is -0.378 e. The topological polar surface area (TPSA) is 48.5 Å². The SMILES string of the molecule is Cc1ccc(NCC2=NCCNN2)cc1. The van der Waals surface area contributed by atoms with Crippen molar-refractivity contribution < 1.29 is 0 Å². The fraction of sp³-hybridized carbons (Fsp3) is 0.364. The van der Waals surface area contributed by atoms with Crippen LogP contribution in [-0.4, -0.2) is 25.5 Å². The Bertz CT molecular complexity index is 342. The Kier molecular flexibility index (Phi) is 3.19. The van der Waals surface area contributed by atoms with Gasteiger partial charge in [-0.2, -0.15) is 0 Å². The number of hydrogen-bond acceptors (Lipinski definition) is 4. The minimum absolute atomic E-state index is 0.732. The summed E-state index contributed by atoms with van der Waals surface area (Å²) in [6, 6.07) is 8.34. The van der Waals surface area contributed by atoms with Crippen LogP contribution in [0.4, 0.5) is 5.69 Å². The van der Waals surface area contributed by atoms with Gasteiger partial charge in [0.05, 0.1) is 13.1 Å². The largest absolute Gasteiger partial charge is 0.378 e. The van der Waals surface area contributed by atoms with Gasteiger partial charge in [-0.15, -0.1) is 0 Å². The van der Waals surface area contributed by atoms with E-state index >= 15 is 0 Å². The molecule has 0 spiro atoms. The van der Waals surface area contributed by atoms with Crippen LogP contribution < -0.4 is 16.2 Å². The maximum Gasteiger partial charge on any atom is 0.130 e. The van der Waals surface area contributed by atoms with Gasteiger partial charge in [0, 0.05) is 12.2 Å². The van der Waals surface area contributed by atoms with E-state index in [0.717, 1.165) is 31.2 Å². The fourth-order valence-corrected chi connectivity index (χ4v) is 1.41. The number of benzene rings is 1. The summed E-state index contributed by atoms with van der Waals surface area (Å²) in [6.07, 6.45) is 0. The molecule has 0 atom stereocenters. The lowest BCUT2D eigenvalue weighted by Gasteiger charge is -2.16. The molecule has 4 nitrogen and oxygen atoms in total. The summed E-state index contributed by atoms with van der Waals surface area (Å²) < 4.78 is 0. The number of nitrogens with one attached hydrogen (secondary N) is 3. The maximum absolute atomic E-state index is 4.34. The van der Waals surface area contributed by atoms with Crippen molar-refractivity contribution in [2.45, 2.75) is 6.92 Å². The summed E-state index contributed by atoms with van der Waals surface area (Å²) in [6.45, 7) is 4.56. The average Bonchev–Trinajstić information content (AvgIpc) is 2.30. The first-order valence-corrected chi connectivity index (χ1v) is 5.17. The molecule has 0 bridgehead atoms. The molecule has 0 amide bonds. The Balaban J connectivity index is 1.87. The molecule has 15 heavy (non-hydrogen) atoms. The van der Waals surface area contributed by atoms with Crippen LogP contribution in [0.15, 0.2) is 29.3 Å². The van der Waals surface area contributed by atoms with Gasteiger partial charge in [0.2, 0.25) is 0 Å². The van der Waals surface area contributed by atoms with Gasteiger partial charge in [0.1, 0.15) is 5.84 Å². The smallest absolute Gasteiger partial charge is 0.130 e. The van der Waals surface area contributed by atoms with Crippen molar-refractivity contribution in [2.75, 3.05) is 25.0 Å². The van der Waals surface area contributed by atoms with Crippen LogP contribution in [0.3, 0.4) is 0 Å². The number of nitrogens with zero attached hydrogens (tertiary/aromatic N) is 1. The van der Waals surface area contributed by atoms with E-state index in [9.17, 15) is 0 Å². The van der Waals surface area contributed by atoms with E-state index < -0.39 is 0 Å². The molecule has 3 N–H and O–H groups in total. The molecule has 0 aromatic heterocycles. The second-order valence-electron chi connectivity index (χ2n) is 3.60. The van der Waals surface area contributed by atoms with Gasteiger partial charge in [-0.3, -0.25) is 4.99 Å². The molecule has 2 rings (SSSR count). The summed E-state index contributed by atoms with van der Waals surface area (Å²) >= 11 is 0. The van der Waals surface area contributed by atoms with Gasteiger partial charge >= 0.3 is 0 Å². The highest BCUT2D eigenvalue weighted by atomic mass is 15.4. The van der Waals surface area contributed by atoms with Gasteiger partial charge in [-0.05, 0) is 19.1 Å². The van der Waals surface area contributed by atoms with Gasteiger partial charge in [-0.1, -0.05) is 17.7 Å². The predicted octanol–water partition coefficient (Wildman–Crippen LogP) is 0.913. The summed E-state index contributed by atoms with van der Waals surface area (Å²) in [5, 5.41) is 3.31. The van der Waals surface area contributed by atoms with Crippen molar-refractivity contribution in [3.8, 4) is 0 Å². The highest BCUT2D eigenvalue weighted by Crippen LogP contribution is 2.07. The van der Waals surface area contributed by atoms with Gasteiger partial charge in [-0.25, -0.2) is 5.43 Å². The predicted molar refractivity (Wildman–Crippen MR) is 63.1 cm³/mol. The molecule has 80 valence electrons. The van der Waals surface area contributed by atoms with Crippen molar-refractivity contribution >= 4 is 11.5 Å². The van der Waals surface area contributed by atoms with Crippen molar-refractivity contribution in [1.82, 2.24) is 10.9 Å². The van der Waals surface area contributed by atoms with E-state index in [-0.39, 0.29) is 0 Å². The summed E-state index contributed by atoms with van der Waals surface area (Å²) in [5.74, 6) is 0.960. The Labute approximate surface area is 89.8 Å². The fourth-order valence-electron chi connectivity index (χ4n) is 1.41. The molecule has 1 aromatic rings. The molecule has 4 heteroatoms. The highest BCUT2D eigenvalue weighted by molar-refractivity contribution is 5.86. The quantitative estimate of drug-likeness (QED) is 0.686. The minimum atomic E-state index is 0.732. The molecule has 1 heterocycles. The van der Waals surface area contributed by atoms with Crippen LogP contribution >= 0.6 is 0 Å². The van der Waals surface area contributed by atoms with Crippen LogP contribution in [0.25, 0.3) is 0 Å². The highest BCUT2D eigenvalue weighted by Gasteiger charge is 2.02. The van der Waals surface area contributed by atoms with Gasteiger partial charge in [0.15, 0.2) is 0 Å². The van der Waals surface area contributed by atoms with Crippen molar-refractivity contribution in [3.63, 3.8) is 0 Å². The third-order valence-electron chi connectivity index (χ3n) is 2.28. The second-order valence-corrected chi connectivity index (χ2v) is 3.60. The van der Waals surface area contributed by atoms with E-state index in [1.165, 1.54) is 5.56 Å². The molecular weight excluding hydrogens is 188 g/mol. The first kappa shape index (κ1) is 9.98. The summed E-state index contributed by atoms with van der Waals surface area (Å²) in [7, 11) is 0. The standard InChI is InChI=1S/C11H16N4/c1-9-2-4-10(5-3-9)13-8-11-12-6-7-14-15-11/h2-5,13-14H,6-8H2,1H3,(H,12,15). The Morgan fingerprint density at radius 3 is 2.80 bits per heavy atom. The number of aliphatic imine (C=N–C) groups is 1. The molecule has 0 unspecified atom stereocenters. The molecule has 0 saturated carbocycles. The molecule has 1 aliphatic heterocycles. The number of hydrogen-bond donors (Lipinski definition) is 3. The molecule has 0 saturated heterocycles. The van der Waals surface area contributed by atoms with Crippen LogP contribution in [-0.2, 0) is 0 Å². The van der Waals surface area contributed by atoms with Crippen molar-refractivity contribution in [2.24, 2.45) is 4.99 Å². The maximum atomic E-state index is 4.34. The molecule has 0 radical (unpaired) electrons. The van der Waals surface area contributed by atoms with Gasteiger partial charge < -0.3 is 10.7 Å². The number of aryl methyl sites for hydroxylation is 1. The van der Waals surface area contributed by atoms with E-state index in [1.807, 2.05) is 0 Å². The lowest BCUT2D eigenvalue weighted by Crippen LogP contribution is -2.45. The Morgan fingerprint density at radius 2 is 2.13 bits per heavy atom. The van der Waals surface area contributed by atoms with E-state index in [2.05, 4.69) is 52.3 Å². The number of anilines is 1. The van der Waals surface area contributed by atoms with Crippen LogP contribution in [0.5, 0.6) is 0 Å². The zero-order valence-corrected chi connectivity index (χ0v) is 8.88. The number of rotatable bonds is 3. The Hall–Kier alpha value is -1.55. The van der Waals surface area contributed by atoms with Crippen LogP contribution in [0, 0.1) is 6.92 Å². The normalized spacial score (nSPS) is 15.4. The Morgan fingerprint density at radius 1 is 1.33 bits per heavy atom. The van der Waals surface area contributed by atoms with Crippen molar-refractivity contribution in [3.05, 3.63) is 29.8 Å². The molecule has 1 aliphatic rings. The first-order chi connectivity index (χ1) is 7.34. The molecule has 0 fully saturated rings. The number of amidine groups is 1. The zero-order chi connectivity index (χ0) is 10.5. The third-order valence-corrected chi connectivity index (χ3v) is 2.28. The van der Waals surface area contributed by atoms with E-state index in [0.29, 0.717) is 0 Å². The monoisotopic (exact) mass is 204 g/mol. The molecular formula is C11H16N4. The van der Waals surface area contributed by atoms with E-state index in [4.69, 9.17) is 0 Å². The molecule has 1 aromatic carbocycles. The van der Waals surface area contributed by atoms with Gasteiger partial charge in [0.25, 0.3) is 0 Å². The molecule has 0 aliphatic carbocycles. The summed E-state index contributed by atoms with van der Waals surface area (Å²) in [5.41, 5.74) is 8.49. The third kappa shape index (κ3) is 2.95. The lowest BCUT2D eigenvalue weighted by atomic mass is 10.2. The van der Waals surface area contributed by atoms with E-state index in [1.54, 1.807) is 0 Å².